The van der Waals surface area contributed by atoms with Crippen LogP contribution in [-0.2, 0) is 6.42 Å². The number of fused-ring (bicyclic) bond motifs is 1. The van der Waals surface area contributed by atoms with E-state index in [2.05, 4.69) is 5.10 Å². The number of hydrogen-bond acceptors (Lipinski definition) is 4. The summed E-state index contributed by atoms with van der Waals surface area (Å²) < 4.78 is 1.28. The Balaban J connectivity index is 2.30. The van der Waals surface area contributed by atoms with E-state index in [1.807, 2.05) is 0 Å². The van der Waals surface area contributed by atoms with E-state index >= 15 is 0 Å². The predicted molar refractivity (Wildman–Crippen MR) is 74.8 cm³/mol. The fourth-order valence-corrected chi connectivity index (χ4v) is 2.71. The molecule has 112 valence electrons. The first-order valence-corrected chi connectivity index (χ1v) is 6.71. The van der Waals surface area contributed by atoms with E-state index in [1.165, 1.54) is 10.7 Å². The van der Waals surface area contributed by atoms with Gasteiger partial charge in [-0.05, 0) is 25.0 Å². The maximum Gasteiger partial charge on any atom is 0.357 e. The molecule has 1 aliphatic carbocycles. The van der Waals surface area contributed by atoms with E-state index in [0.717, 1.165) is 0 Å². The highest BCUT2D eigenvalue weighted by atomic mass is 16.4. The Labute approximate surface area is 124 Å². The Morgan fingerprint density at radius 1 is 1.09 bits per heavy atom. The standard InChI is InChI=1S/C15H12N2O5/c18-11-7-3-6-10-12(11)13(15(21)22)16-17(10)9-5-2-1-4-8(9)14(19)20/h1-2,4-5H,3,6-7H2,(H,19,20)(H,21,22). The van der Waals surface area contributed by atoms with Gasteiger partial charge < -0.3 is 10.2 Å². The molecular formula is C15H12N2O5. The number of nitrogens with zero attached hydrogens (tertiary/aromatic N) is 2. The van der Waals surface area contributed by atoms with E-state index < -0.39 is 11.9 Å². The highest BCUT2D eigenvalue weighted by molar-refractivity contribution is 6.06. The molecule has 2 aromatic rings. The van der Waals surface area contributed by atoms with E-state index in [4.69, 9.17) is 0 Å². The van der Waals surface area contributed by atoms with Crippen LogP contribution in [-0.4, -0.2) is 37.7 Å². The molecule has 0 saturated carbocycles. The molecule has 22 heavy (non-hydrogen) atoms. The van der Waals surface area contributed by atoms with E-state index in [9.17, 15) is 24.6 Å². The number of aromatic carboxylic acids is 2. The summed E-state index contributed by atoms with van der Waals surface area (Å²) in [6, 6.07) is 6.17. The lowest BCUT2D eigenvalue weighted by molar-refractivity contribution is 0.0681. The number of Topliss-reactive ketones (excluding diaryl/α,β-unsaturated/α-hetero) is 1. The molecular weight excluding hydrogens is 288 g/mol. The molecule has 0 amide bonds. The van der Waals surface area contributed by atoms with Gasteiger partial charge in [-0.15, -0.1) is 0 Å². The van der Waals surface area contributed by atoms with Crippen molar-refractivity contribution >= 4 is 17.7 Å². The minimum absolute atomic E-state index is 0.00256. The molecule has 0 unspecified atom stereocenters. The zero-order valence-corrected chi connectivity index (χ0v) is 11.4. The molecule has 1 heterocycles. The molecule has 0 atom stereocenters. The van der Waals surface area contributed by atoms with Crippen molar-refractivity contribution in [3.8, 4) is 5.69 Å². The zero-order valence-electron chi connectivity index (χ0n) is 11.4. The van der Waals surface area contributed by atoms with Gasteiger partial charge in [0.05, 0.1) is 22.5 Å². The monoisotopic (exact) mass is 300 g/mol. The van der Waals surface area contributed by atoms with Crippen LogP contribution in [0.5, 0.6) is 0 Å². The van der Waals surface area contributed by atoms with E-state index in [0.29, 0.717) is 18.5 Å². The van der Waals surface area contributed by atoms with Gasteiger partial charge >= 0.3 is 11.9 Å². The molecule has 7 heteroatoms. The lowest BCUT2D eigenvalue weighted by Crippen LogP contribution is -2.15. The lowest BCUT2D eigenvalue weighted by Gasteiger charge is -2.14. The first-order valence-electron chi connectivity index (χ1n) is 6.71. The van der Waals surface area contributed by atoms with E-state index in [-0.39, 0.29) is 34.7 Å². The molecule has 2 N–H and O–H groups in total. The van der Waals surface area contributed by atoms with Crippen LogP contribution in [0, 0.1) is 0 Å². The van der Waals surface area contributed by atoms with Gasteiger partial charge in [-0.25, -0.2) is 14.3 Å². The topological polar surface area (TPSA) is 109 Å². The van der Waals surface area contributed by atoms with Gasteiger partial charge in [-0.3, -0.25) is 4.79 Å². The average molecular weight is 300 g/mol. The summed E-state index contributed by atoms with van der Waals surface area (Å²) in [6.45, 7) is 0. The van der Waals surface area contributed by atoms with Crippen molar-refractivity contribution < 1.29 is 24.6 Å². The number of carbonyl (C=O) groups is 3. The summed E-state index contributed by atoms with van der Waals surface area (Å²) in [5.41, 5.74) is 0.498. The minimum atomic E-state index is -1.29. The summed E-state index contributed by atoms with van der Waals surface area (Å²) in [5, 5.41) is 22.5. The second-order valence-electron chi connectivity index (χ2n) is 4.99. The van der Waals surface area contributed by atoms with Crippen molar-refractivity contribution in [2.24, 2.45) is 0 Å². The molecule has 1 aromatic carbocycles. The second kappa shape index (κ2) is 5.10. The van der Waals surface area contributed by atoms with Crippen LogP contribution in [0.2, 0.25) is 0 Å². The molecule has 0 radical (unpaired) electrons. The number of para-hydroxylation sites is 1. The van der Waals surface area contributed by atoms with Crippen molar-refractivity contribution in [2.75, 3.05) is 0 Å². The van der Waals surface area contributed by atoms with Gasteiger partial charge in [0.15, 0.2) is 11.5 Å². The van der Waals surface area contributed by atoms with Gasteiger partial charge in [0.25, 0.3) is 0 Å². The summed E-state index contributed by atoms with van der Waals surface area (Å²) in [6.07, 6.45) is 1.35. The zero-order chi connectivity index (χ0) is 15.9. The number of carbonyl (C=O) groups excluding carboxylic acids is 1. The Kier molecular flexibility index (Phi) is 3.25. The molecule has 0 saturated heterocycles. The average Bonchev–Trinajstić information content (AvgIpc) is 2.88. The molecule has 3 rings (SSSR count). The third kappa shape index (κ3) is 2.07. The number of aromatic nitrogens is 2. The summed E-state index contributed by atoms with van der Waals surface area (Å²) in [5.74, 6) is -2.70. The summed E-state index contributed by atoms with van der Waals surface area (Å²) in [4.78, 5) is 34.7. The van der Waals surface area contributed by atoms with Crippen LogP contribution in [0.25, 0.3) is 5.69 Å². The highest BCUT2D eigenvalue weighted by Gasteiger charge is 2.31. The number of carboxylic acids is 2. The number of hydrogen-bond donors (Lipinski definition) is 2. The maximum atomic E-state index is 12.0. The third-order valence-electron chi connectivity index (χ3n) is 3.64. The summed E-state index contributed by atoms with van der Waals surface area (Å²) in [7, 11) is 0. The molecule has 0 spiro atoms. The lowest BCUT2D eigenvalue weighted by atomic mass is 9.94. The van der Waals surface area contributed by atoms with Gasteiger partial charge in [-0.2, -0.15) is 5.10 Å². The van der Waals surface area contributed by atoms with Crippen molar-refractivity contribution in [3.05, 3.63) is 46.8 Å². The molecule has 0 bridgehead atoms. The SMILES string of the molecule is O=C(O)c1ccccc1-n1nc(C(=O)O)c2c1CCCC2=O. The maximum absolute atomic E-state index is 12.0. The van der Waals surface area contributed by atoms with Crippen molar-refractivity contribution in [2.45, 2.75) is 19.3 Å². The Morgan fingerprint density at radius 2 is 1.82 bits per heavy atom. The van der Waals surface area contributed by atoms with Gasteiger partial charge in [-0.1, -0.05) is 12.1 Å². The number of ketones is 1. The first kappa shape index (κ1) is 14.0. The van der Waals surface area contributed by atoms with Gasteiger partial charge in [0, 0.05) is 6.42 Å². The van der Waals surface area contributed by atoms with Gasteiger partial charge in [0.2, 0.25) is 0 Å². The Bertz CT molecular complexity index is 806. The molecule has 0 fully saturated rings. The molecule has 1 aromatic heterocycles. The van der Waals surface area contributed by atoms with Crippen LogP contribution in [0.1, 0.15) is 49.7 Å². The Morgan fingerprint density at radius 3 is 2.50 bits per heavy atom. The summed E-state index contributed by atoms with van der Waals surface area (Å²) >= 11 is 0. The van der Waals surface area contributed by atoms with E-state index in [1.54, 1.807) is 18.2 Å². The molecule has 7 nitrogen and oxygen atoms in total. The van der Waals surface area contributed by atoms with Crippen LogP contribution < -0.4 is 0 Å². The number of carboxylic acid groups (broad SMARTS) is 2. The third-order valence-corrected chi connectivity index (χ3v) is 3.64. The van der Waals surface area contributed by atoms with Crippen molar-refractivity contribution in [1.82, 2.24) is 9.78 Å². The van der Waals surface area contributed by atoms with Crippen LogP contribution in [0.4, 0.5) is 0 Å². The van der Waals surface area contributed by atoms with Gasteiger partial charge in [0.1, 0.15) is 0 Å². The minimum Gasteiger partial charge on any atom is -0.478 e. The fraction of sp³-hybridized carbons (Fsp3) is 0.200. The van der Waals surface area contributed by atoms with Crippen LogP contribution >= 0.6 is 0 Å². The largest absolute Gasteiger partial charge is 0.478 e. The van der Waals surface area contributed by atoms with Crippen LogP contribution in [0.3, 0.4) is 0 Å². The predicted octanol–water partition coefficient (Wildman–Crippen LogP) is 1.79. The number of rotatable bonds is 3. The molecule has 0 aliphatic heterocycles. The molecule has 1 aliphatic rings. The number of benzene rings is 1. The second-order valence-corrected chi connectivity index (χ2v) is 4.99. The van der Waals surface area contributed by atoms with Crippen molar-refractivity contribution in [3.63, 3.8) is 0 Å². The normalized spacial score (nSPS) is 13.7. The fourth-order valence-electron chi connectivity index (χ4n) is 2.71. The smallest absolute Gasteiger partial charge is 0.357 e. The van der Waals surface area contributed by atoms with Crippen molar-refractivity contribution in [1.29, 1.82) is 0 Å². The van der Waals surface area contributed by atoms with Crippen LogP contribution in [0.15, 0.2) is 24.3 Å². The highest BCUT2D eigenvalue weighted by Crippen LogP contribution is 2.28. The quantitative estimate of drug-likeness (QED) is 0.894. The Hall–Kier alpha value is -2.96. The first-order chi connectivity index (χ1) is 10.5.